The fraction of sp³-hybridized carbons (Fsp3) is 1.00. The minimum absolute atomic E-state index is 0.768. The first-order chi connectivity index (χ1) is 35.0. The number of nitrogens with zero attached hydrogens (tertiary/aromatic N) is 6. The van der Waals surface area contributed by atoms with Gasteiger partial charge < -0.3 is 0 Å². The summed E-state index contributed by atoms with van der Waals surface area (Å²) in [6.07, 6.45) is 24.6. The van der Waals surface area contributed by atoms with Crippen LogP contribution in [0.25, 0.3) is 0 Å². The lowest BCUT2D eigenvalue weighted by atomic mass is 10.3. The normalized spacial score (nSPS) is 17.8. The van der Waals surface area contributed by atoms with Crippen LogP contribution in [-0.2, 0) is 0 Å². The Morgan fingerprint density at radius 3 is 0.319 bits per heavy atom. The highest BCUT2D eigenvalue weighted by Gasteiger charge is 2.38. The van der Waals surface area contributed by atoms with E-state index in [4.69, 9.17) is 27.1 Å². The minimum atomic E-state index is -3.12. The molecular formula is C48H120N18P6. The largest absolute Gasteiger partial charge is 0.253 e. The molecule has 1 heterocycles. The highest BCUT2D eigenvalue weighted by atomic mass is 31.3. The third-order valence-electron chi connectivity index (χ3n) is 11.9. The van der Waals surface area contributed by atoms with Crippen LogP contribution in [0.1, 0.15) is 237 Å². The van der Waals surface area contributed by atoms with Gasteiger partial charge in [0.15, 0.2) is 0 Å². The van der Waals surface area contributed by atoms with Gasteiger partial charge in [-0.15, -0.1) is 0 Å². The van der Waals surface area contributed by atoms with Gasteiger partial charge in [0.25, 0.3) is 0 Å². The van der Waals surface area contributed by atoms with Crippen LogP contribution in [0.3, 0.4) is 0 Å². The molecule has 0 aromatic rings. The molecule has 12 N–H and O–H groups in total. The van der Waals surface area contributed by atoms with Crippen LogP contribution in [0.2, 0.25) is 0 Å². The first-order valence-electron chi connectivity index (χ1n) is 29.8. The lowest BCUT2D eigenvalue weighted by Gasteiger charge is -2.38. The molecule has 1 rings (SSSR count). The molecule has 1 aliphatic rings. The Morgan fingerprint density at radius 1 is 0.167 bits per heavy atom. The summed E-state index contributed by atoms with van der Waals surface area (Å²) in [5, 5.41) is 50.1. The van der Waals surface area contributed by atoms with Gasteiger partial charge in [-0.05, 0) is 77.0 Å². The molecule has 1 aliphatic heterocycles. The fourth-order valence-corrected chi connectivity index (χ4v) is 31.4. The van der Waals surface area contributed by atoms with Crippen LogP contribution in [-0.4, -0.2) is 78.5 Å². The molecule has 0 fully saturated rings. The molecule has 0 aromatic heterocycles. The Morgan fingerprint density at radius 2 is 0.250 bits per heavy atom. The summed E-state index contributed by atoms with van der Waals surface area (Å²) in [5.74, 6) is 0. The zero-order chi connectivity index (χ0) is 53.2. The van der Waals surface area contributed by atoms with Crippen molar-refractivity contribution in [2.75, 3.05) is 78.5 Å². The number of hydrogen-bond acceptors (Lipinski definition) is 18. The van der Waals surface area contributed by atoms with Gasteiger partial charge in [0, 0.05) is 78.5 Å². The van der Waals surface area contributed by atoms with Crippen molar-refractivity contribution in [3.63, 3.8) is 0 Å². The molecular weight excluding hydrogens is 1010 g/mol. The summed E-state index contributed by atoms with van der Waals surface area (Å²) in [7, 11) is -18.7. The summed E-state index contributed by atoms with van der Waals surface area (Å²) in [4.78, 5) is 0. The van der Waals surface area contributed by atoms with Crippen molar-refractivity contribution in [2.24, 2.45) is 27.1 Å². The highest BCUT2D eigenvalue weighted by molar-refractivity contribution is 7.84. The van der Waals surface area contributed by atoms with E-state index in [1.165, 1.54) is 0 Å². The molecule has 18 nitrogen and oxygen atoms in total. The topological polar surface area (TPSA) is 219 Å². The SMILES string of the molecule is CCCCNP1(NCCCC)=NP(NCCCC)(NCCCC)=NP(NCCCC)(NCCCC)=NP(NCCCC)(NCCCC)=NP(NCCCC)(NCCCC)=NP(NCCCC)(NCCCC)=N1. The van der Waals surface area contributed by atoms with E-state index in [0.717, 1.165) is 233 Å². The molecule has 0 radical (unpaired) electrons. The van der Waals surface area contributed by atoms with Gasteiger partial charge in [0.2, 0.25) is 45.0 Å². The standard InChI is InChI=1S/C48H120N18P6/c1-13-25-37-49-67(50-38-26-14-2)61-68(51-39-27-15-3,52-40-28-16-4)63-70(55-43-31-19-7,56-44-32-20-8)65-72(59-47-35-23-11,60-48-36-24-12)66-71(57-45-33-21-9,58-46-34-22-10)64-69(62-67,53-41-29-17-5)54-42-30-18-6/h49-60H,13-48H2,1-12H3. The molecule has 432 valence electrons. The molecule has 0 bridgehead atoms. The quantitative estimate of drug-likeness (QED) is 0.0202. The number of unbranched alkanes of at least 4 members (excludes halogenated alkanes) is 12. The molecule has 0 atom stereocenters. The second kappa shape index (κ2) is 43.7. The number of hydrogen-bond donors (Lipinski definition) is 12. The molecule has 72 heavy (non-hydrogen) atoms. The average Bonchev–Trinajstić information content (AvgIpc) is 3.35. The third kappa shape index (κ3) is 29.2. The Labute approximate surface area is 446 Å². The van der Waals surface area contributed by atoms with E-state index >= 15 is 0 Å². The molecule has 24 heteroatoms. The molecule has 0 spiro atoms. The van der Waals surface area contributed by atoms with Gasteiger partial charge in [0.05, 0.1) is 0 Å². The Kier molecular flexibility index (Phi) is 43.1. The second-order valence-electron chi connectivity index (χ2n) is 19.3. The number of nitrogens with one attached hydrogen (secondary N) is 12. The van der Waals surface area contributed by atoms with Crippen molar-refractivity contribution < 1.29 is 0 Å². The summed E-state index contributed by atoms with van der Waals surface area (Å²) in [5.41, 5.74) is 0. The first-order valence-corrected chi connectivity index (χ1v) is 40.0. The van der Waals surface area contributed by atoms with E-state index in [9.17, 15) is 0 Å². The Bertz CT molecular complexity index is 1270. The zero-order valence-corrected chi connectivity index (χ0v) is 54.2. The lowest BCUT2D eigenvalue weighted by Crippen LogP contribution is -2.32. The smallest absolute Gasteiger partial charge is 0.215 e. The van der Waals surface area contributed by atoms with Crippen molar-refractivity contribution >= 4 is 45.0 Å². The predicted octanol–water partition coefficient (Wildman–Crippen LogP) is 16.4. The molecule has 0 unspecified atom stereocenters. The maximum Gasteiger partial charge on any atom is 0.215 e. The summed E-state index contributed by atoms with van der Waals surface area (Å²) in [6, 6.07) is 0. The van der Waals surface area contributed by atoms with Crippen LogP contribution in [0, 0.1) is 0 Å². The minimum Gasteiger partial charge on any atom is -0.253 e. The molecule has 0 saturated heterocycles. The van der Waals surface area contributed by atoms with E-state index in [2.05, 4.69) is 144 Å². The maximum atomic E-state index is 6.39. The molecule has 0 aliphatic carbocycles. The summed E-state index contributed by atoms with van der Waals surface area (Å²) in [6.45, 7) is 36.5. The average molecular weight is 1140 g/mol. The van der Waals surface area contributed by atoms with Gasteiger partial charge >= 0.3 is 0 Å². The first kappa shape index (κ1) is 70.9. The monoisotopic (exact) mass is 1130 g/mol. The molecule has 0 amide bonds. The third-order valence-corrected chi connectivity index (χ3v) is 32.3. The van der Waals surface area contributed by atoms with Crippen LogP contribution < -0.4 is 61.0 Å². The van der Waals surface area contributed by atoms with E-state index in [-0.39, 0.29) is 0 Å². The Balaban J connectivity index is 5.72. The predicted molar refractivity (Wildman–Crippen MR) is 331 cm³/mol. The lowest BCUT2D eigenvalue weighted by molar-refractivity contribution is 0.723. The van der Waals surface area contributed by atoms with Gasteiger partial charge in [-0.2, -0.15) is 27.1 Å². The van der Waals surface area contributed by atoms with Gasteiger partial charge in [-0.1, -0.05) is 160 Å². The van der Waals surface area contributed by atoms with Crippen molar-refractivity contribution in [2.45, 2.75) is 237 Å². The van der Waals surface area contributed by atoms with Crippen molar-refractivity contribution in [1.29, 1.82) is 0 Å². The van der Waals surface area contributed by atoms with E-state index < -0.39 is 45.0 Å². The molecule has 0 aromatic carbocycles. The van der Waals surface area contributed by atoms with Crippen LogP contribution in [0.5, 0.6) is 0 Å². The van der Waals surface area contributed by atoms with Crippen LogP contribution >= 0.6 is 45.0 Å². The highest BCUT2D eigenvalue weighted by Crippen LogP contribution is 2.72. The zero-order valence-electron chi connectivity index (χ0n) is 48.8. The number of rotatable bonds is 48. The Hall–Kier alpha value is 0.900. The van der Waals surface area contributed by atoms with E-state index in [0.29, 0.717) is 0 Å². The maximum absolute atomic E-state index is 6.39. The van der Waals surface area contributed by atoms with Crippen LogP contribution in [0.15, 0.2) is 27.1 Å². The molecule has 0 saturated carbocycles. The summed E-state index contributed by atoms with van der Waals surface area (Å²) >= 11 is 0. The van der Waals surface area contributed by atoms with Crippen molar-refractivity contribution in [3.8, 4) is 0 Å². The van der Waals surface area contributed by atoms with Crippen LogP contribution in [0.4, 0.5) is 0 Å². The second-order valence-corrected chi connectivity index (χ2v) is 34.6. The van der Waals surface area contributed by atoms with E-state index in [1.807, 2.05) is 0 Å². The van der Waals surface area contributed by atoms with Gasteiger partial charge in [-0.25, -0.2) is 0 Å². The fourth-order valence-electron chi connectivity index (χ4n) is 7.27. The van der Waals surface area contributed by atoms with E-state index in [1.54, 1.807) is 0 Å². The van der Waals surface area contributed by atoms with Gasteiger partial charge in [0.1, 0.15) is 0 Å². The summed E-state index contributed by atoms with van der Waals surface area (Å²) < 4.78 is 38.4. The van der Waals surface area contributed by atoms with Crippen molar-refractivity contribution in [3.05, 3.63) is 0 Å². The van der Waals surface area contributed by atoms with Gasteiger partial charge in [-0.3, -0.25) is 61.0 Å². The van der Waals surface area contributed by atoms with Crippen molar-refractivity contribution in [1.82, 2.24) is 61.0 Å².